The maximum atomic E-state index is 16.1. The van der Waals surface area contributed by atoms with Crippen LogP contribution in [0.4, 0.5) is 10.1 Å². The maximum Gasteiger partial charge on any atom is 0.306 e. The number of anilines is 1. The number of amides is 1. The molecule has 44 heavy (non-hydrogen) atoms. The number of hydrogen-bond acceptors (Lipinski definition) is 7. The average molecular weight is 601 g/mol. The number of nitrogens with two attached hydrogens (primary N) is 1. The second kappa shape index (κ2) is 11.6. The molecule has 9 nitrogen and oxygen atoms in total. The largest absolute Gasteiger partial charge is 0.460 e. The molecule has 0 saturated carbocycles. The number of fused-ring (bicyclic) bond motifs is 3. The fraction of sp³-hybridized carbons (Fsp3) is 0.382. The number of hydrogen-bond donors (Lipinski definition) is 2. The molecule has 0 unspecified atom stereocenters. The number of benzene rings is 3. The van der Waals surface area contributed by atoms with Gasteiger partial charge in [0.1, 0.15) is 22.4 Å². The van der Waals surface area contributed by atoms with E-state index < -0.39 is 22.8 Å². The van der Waals surface area contributed by atoms with E-state index in [2.05, 4.69) is 5.32 Å². The van der Waals surface area contributed by atoms with Gasteiger partial charge in [0.15, 0.2) is 17.3 Å². The molecule has 0 bridgehead atoms. The van der Waals surface area contributed by atoms with E-state index in [0.29, 0.717) is 56.0 Å². The van der Waals surface area contributed by atoms with Crippen LogP contribution in [0.1, 0.15) is 56.8 Å². The van der Waals surface area contributed by atoms with Gasteiger partial charge >= 0.3 is 5.97 Å². The number of carbonyl (C=O) groups is 2. The molecular formula is C34H37FN4O5. The third-order valence-electron chi connectivity index (χ3n) is 8.11. The molecule has 3 N–H and O–H groups in total. The van der Waals surface area contributed by atoms with Crippen molar-refractivity contribution in [2.24, 2.45) is 11.7 Å². The van der Waals surface area contributed by atoms with Crippen LogP contribution in [0.2, 0.25) is 0 Å². The van der Waals surface area contributed by atoms with Crippen LogP contribution >= 0.6 is 0 Å². The van der Waals surface area contributed by atoms with E-state index in [1.54, 1.807) is 4.57 Å². The van der Waals surface area contributed by atoms with Crippen molar-refractivity contribution in [2.75, 3.05) is 31.1 Å². The van der Waals surface area contributed by atoms with E-state index in [1.807, 2.05) is 62.1 Å². The van der Waals surface area contributed by atoms with Gasteiger partial charge in [0.25, 0.3) is 5.91 Å². The summed E-state index contributed by atoms with van der Waals surface area (Å²) in [7, 11) is 0. The number of nitrogens with zero attached hydrogens (tertiary/aromatic N) is 2. The molecule has 2 aliphatic heterocycles. The Kier molecular flexibility index (Phi) is 7.79. The molecule has 0 spiro atoms. The standard InChI is InChI=1S/C34H37FN4O5/c1-34(2,3)44-28(40)14-20-10-13-38(18-20)30-25(35)17-23-29-32(30)43-27-16-22-9-5-4-8-21(22)15-26(27)39(29)19-24(31(23)41)33(42)37-12-7-6-11-36/h4-5,8-9,15-17,19-20H,6-7,10-14,18,36H2,1-3H3,(H,37,42)/t20-/m0/s1. The number of carbonyl (C=O) groups excluding carboxylic acids is 2. The number of unbranched alkanes of at least 4 members (excludes halogenated alkanes) is 1. The van der Waals surface area contributed by atoms with Gasteiger partial charge in [0.2, 0.25) is 5.43 Å². The van der Waals surface area contributed by atoms with Gasteiger partial charge in [-0.05, 0) is 81.5 Å². The second-order valence-corrected chi connectivity index (χ2v) is 12.6. The molecule has 230 valence electrons. The summed E-state index contributed by atoms with van der Waals surface area (Å²) in [5, 5.41) is 4.74. The average Bonchev–Trinajstić information content (AvgIpc) is 3.41. The smallest absolute Gasteiger partial charge is 0.306 e. The monoisotopic (exact) mass is 600 g/mol. The first-order valence-corrected chi connectivity index (χ1v) is 15.1. The Hall–Kier alpha value is -4.44. The first-order chi connectivity index (χ1) is 21.0. The van der Waals surface area contributed by atoms with Crippen LogP contribution in [0.5, 0.6) is 11.5 Å². The van der Waals surface area contributed by atoms with Crippen LogP contribution in [-0.2, 0) is 9.53 Å². The fourth-order valence-corrected chi connectivity index (χ4v) is 6.13. The lowest BCUT2D eigenvalue weighted by atomic mass is 10.0. The van der Waals surface area contributed by atoms with Crippen LogP contribution in [0, 0.1) is 11.7 Å². The number of aromatic nitrogens is 1. The van der Waals surface area contributed by atoms with Gasteiger partial charge in [-0.3, -0.25) is 14.4 Å². The normalized spacial score (nSPS) is 15.8. The van der Waals surface area contributed by atoms with Crippen molar-refractivity contribution in [2.45, 2.75) is 52.1 Å². The van der Waals surface area contributed by atoms with Crippen molar-refractivity contribution >= 4 is 39.2 Å². The lowest BCUT2D eigenvalue weighted by molar-refractivity contribution is -0.155. The van der Waals surface area contributed by atoms with Crippen molar-refractivity contribution < 1.29 is 23.5 Å². The predicted octanol–water partition coefficient (Wildman–Crippen LogP) is 5.42. The van der Waals surface area contributed by atoms with Crippen molar-refractivity contribution in [1.82, 2.24) is 9.88 Å². The number of rotatable bonds is 8. The van der Waals surface area contributed by atoms with Gasteiger partial charge in [-0.25, -0.2) is 4.39 Å². The Morgan fingerprint density at radius 2 is 1.89 bits per heavy atom. The van der Waals surface area contributed by atoms with Crippen LogP contribution in [-0.4, -0.2) is 48.2 Å². The third kappa shape index (κ3) is 5.61. The van der Waals surface area contributed by atoms with Crippen LogP contribution in [0.15, 0.2) is 53.5 Å². The van der Waals surface area contributed by atoms with E-state index in [-0.39, 0.29) is 40.7 Å². The molecule has 2 aliphatic rings. The molecule has 1 saturated heterocycles. The maximum absolute atomic E-state index is 16.1. The van der Waals surface area contributed by atoms with Crippen LogP contribution < -0.4 is 26.1 Å². The van der Waals surface area contributed by atoms with Gasteiger partial charge in [-0.2, -0.15) is 0 Å². The molecule has 0 aliphatic carbocycles. The molecule has 1 fully saturated rings. The Labute approximate surface area is 254 Å². The molecule has 1 atom stereocenters. The summed E-state index contributed by atoms with van der Waals surface area (Å²) in [6.07, 6.45) is 3.85. The van der Waals surface area contributed by atoms with E-state index in [9.17, 15) is 14.4 Å². The van der Waals surface area contributed by atoms with E-state index in [1.165, 1.54) is 12.3 Å². The Morgan fingerprint density at radius 3 is 2.61 bits per heavy atom. The van der Waals surface area contributed by atoms with Gasteiger partial charge in [0, 0.05) is 25.8 Å². The summed E-state index contributed by atoms with van der Waals surface area (Å²) in [4.78, 5) is 41.3. The molecule has 4 aromatic rings. The Bertz CT molecular complexity index is 1840. The minimum Gasteiger partial charge on any atom is -0.460 e. The summed E-state index contributed by atoms with van der Waals surface area (Å²) in [5.74, 6) is -0.774. The SMILES string of the molecule is CC(C)(C)OC(=O)C[C@@H]1CCN(c2c(F)cc3c(=O)c(C(=O)NCCCCN)cn4c3c2Oc2cc3ccccc3cc2-4)C1. The topological polar surface area (TPSA) is 116 Å². The molecular weight excluding hydrogens is 563 g/mol. The summed E-state index contributed by atoms with van der Waals surface area (Å²) in [5.41, 5.74) is 5.60. The van der Waals surface area contributed by atoms with E-state index in [4.69, 9.17) is 15.2 Å². The van der Waals surface area contributed by atoms with Crippen molar-refractivity contribution in [3.05, 3.63) is 70.3 Å². The number of pyridine rings is 1. The highest BCUT2D eigenvalue weighted by atomic mass is 19.1. The summed E-state index contributed by atoms with van der Waals surface area (Å²) >= 11 is 0. The fourth-order valence-electron chi connectivity index (χ4n) is 6.13. The zero-order valence-corrected chi connectivity index (χ0v) is 25.2. The first kappa shape index (κ1) is 29.6. The summed E-state index contributed by atoms with van der Waals surface area (Å²) < 4.78 is 29.9. The number of nitrogens with one attached hydrogen (secondary N) is 1. The van der Waals surface area contributed by atoms with Gasteiger partial charge in [-0.15, -0.1) is 0 Å². The highest BCUT2D eigenvalue weighted by Crippen LogP contribution is 2.48. The predicted molar refractivity (Wildman–Crippen MR) is 168 cm³/mol. The molecule has 10 heteroatoms. The Morgan fingerprint density at radius 1 is 1.14 bits per heavy atom. The summed E-state index contributed by atoms with van der Waals surface area (Å²) in [6, 6.07) is 12.8. The highest BCUT2D eigenvalue weighted by Gasteiger charge is 2.34. The molecule has 1 amide bonds. The number of halogens is 1. The minimum atomic E-state index is -0.626. The van der Waals surface area contributed by atoms with Crippen molar-refractivity contribution in [3.8, 4) is 17.2 Å². The quantitative estimate of drug-likeness (QED) is 0.181. The zero-order chi connectivity index (χ0) is 31.2. The molecule has 0 radical (unpaired) electrons. The number of esters is 1. The lowest BCUT2D eigenvalue weighted by Crippen LogP contribution is -2.31. The second-order valence-electron chi connectivity index (χ2n) is 12.6. The van der Waals surface area contributed by atoms with Crippen molar-refractivity contribution in [1.29, 1.82) is 0 Å². The first-order valence-electron chi connectivity index (χ1n) is 15.1. The van der Waals surface area contributed by atoms with Gasteiger partial charge in [-0.1, -0.05) is 24.3 Å². The van der Waals surface area contributed by atoms with Crippen LogP contribution in [0.25, 0.3) is 27.4 Å². The Balaban J connectivity index is 1.45. The van der Waals surface area contributed by atoms with Crippen molar-refractivity contribution in [3.63, 3.8) is 0 Å². The summed E-state index contributed by atoms with van der Waals surface area (Å²) in [6.45, 7) is 7.30. The third-order valence-corrected chi connectivity index (χ3v) is 8.11. The van der Waals surface area contributed by atoms with Gasteiger partial charge in [0.05, 0.1) is 17.5 Å². The van der Waals surface area contributed by atoms with E-state index >= 15 is 4.39 Å². The number of ether oxygens (including phenoxy) is 2. The van der Waals surface area contributed by atoms with Gasteiger partial charge < -0.3 is 30.0 Å². The molecule has 3 aromatic carbocycles. The minimum absolute atomic E-state index is 0.0282. The molecule has 1 aromatic heterocycles. The molecule has 6 rings (SSSR count). The lowest BCUT2D eigenvalue weighted by Gasteiger charge is -2.29. The van der Waals surface area contributed by atoms with E-state index in [0.717, 1.165) is 17.2 Å². The highest BCUT2D eigenvalue weighted by molar-refractivity contribution is 6.02. The van der Waals surface area contributed by atoms with Crippen LogP contribution in [0.3, 0.4) is 0 Å². The zero-order valence-electron chi connectivity index (χ0n) is 25.2. The molecule has 3 heterocycles.